The third kappa shape index (κ3) is 5.40. The number of carbonyl (C=O) groups is 1. The van der Waals surface area contributed by atoms with Gasteiger partial charge in [-0.15, -0.1) is 0 Å². The van der Waals surface area contributed by atoms with Crippen LogP contribution in [0.4, 0.5) is 29.1 Å². The fourth-order valence-corrected chi connectivity index (χ4v) is 5.29. The summed E-state index contributed by atoms with van der Waals surface area (Å²) in [5.74, 6) is -1.50. The Bertz CT molecular complexity index is 1620. The van der Waals surface area contributed by atoms with E-state index >= 15 is 4.39 Å². The second-order valence-electron chi connectivity index (χ2n) is 10.5. The minimum absolute atomic E-state index is 0.0648. The first-order valence-electron chi connectivity index (χ1n) is 13.1. The molecular weight excluding hydrogens is 556 g/mol. The minimum Gasteiger partial charge on any atom is -0.454 e. The topological polar surface area (TPSA) is 108 Å². The van der Waals surface area contributed by atoms with Gasteiger partial charge < -0.3 is 20.5 Å². The lowest BCUT2D eigenvalue weighted by molar-refractivity contribution is -0.143. The second-order valence-corrected chi connectivity index (χ2v) is 10.5. The van der Waals surface area contributed by atoms with Crippen molar-refractivity contribution in [1.82, 2.24) is 19.7 Å². The summed E-state index contributed by atoms with van der Waals surface area (Å²) < 4.78 is 68.9. The van der Waals surface area contributed by atoms with Crippen LogP contribution in [-0.4, -0.2) is 51.9 Å². The number of nitrogens with one attached hydrogen (secondary N) is 1. The molecule has 2 fully saturated rings. The fourth-order valence-electron chi connectivity index (χ4n) is 5.29. The molecule has 3 N–H and O–H groups in total. The van der Waals surface area contributed by atoms with Gasteiger partial charge in [0.15, 0.2) is 17.3 Å². The Hall–Kier alpha value is -4.49. The highest BCUT2D eigenvalue weighted by Gasteiger charge is 2.44. The second kappa shape index (κ2) is 10.7. The van der Waals surface area contributed by atoms with Crippen LogP contribution in [0, 0.1) is 11.2 Å². The maximum Gasteiger partial charge on any atom is 0.434 e. The number of aromatic nitrogens is 3. The molecule has 0 atom stereocenters. The van der Waals surface area contributed by atoms with Crippen LogP contribution in [0.15, 0.2) is 67.0 Å². The van der Waals surface area contributed by atoms with E-state index in [0.717, 1.165) is 45.0 Å². The van der Waals surface area contributed by atoms with E-state index in [4.69, 9.17) is 15.2 Å². The van der Waals surface area contributed by atoms with Gasteiger partial charge in [-0.05, 0) is 43.3 Å². The molecule has 0 radical (unpaired) electrons. The fraction of sp³-hybridized carbons (Fsp3) is 0.276. The summed E-state index contributed by atoms with van der Waals surface area (Å²) >= 11 is 0. The molecule has 0 saturated carbocycles. The zero-order valence-corrected chi connectivity index (χ0v) is 22.2. The molecule has 0 aliphatic carbocycles. The Kier molecular flexibility index (Phi) is 7.07. The van der Waals surface area contributed by atoms with E-state index in [1.54, 1.807) is 24.3 Å². The van der Waals surface area contributed by atoms with Crippen LogP contribution in [0.5, 0.6) is 11.5 Å². The van der Waals surface area contributed by atoms with Crippen LogP contribution < -0.4 is 15.8 Å². The number of alkyl halides is 3. The van der Waals surface area contributed by atoms with Crippen LogP contribution in [0.2, 0.25) is 0 Å². The van der Waals surface area contributed by atoms with Crippen molar-refractivity contribution < 1.29 is 31.8 Å². The number of amides is 1. The Balaban J connectivity index is 1.19. The number of rotatable bonds is 7. The van der Waals surface area contributed by atoms with Crippen LogP contribution in [0.25, 0.3) is 5.69 Å². The summed E-state index contributed by atoms with van der Waals surface area (Å²) in [5, 5.41) is 6.10. The van der Waals surface area contributed by atoms with Gasteiger partial charge in [0.1, 0.15) is 11.6 Å². The van der Waals surface area contributed by atoms with E-state index in [-0.39, 0.29) is 28.4 Å². The van der Waals surface area contributed by atoms with Crippen molar-refractivity contribution in [1.29, 1.82) is 0 Å². The number of pyridine rings is 1. The van der Waals surface area contributed by atoms with Crippen LogP contribution in [-0.2, 0) is 17.5 Å². The number of halogens is 4. The van der Waals surface area contributed by atoms with Gasteiger partial charge in [-0.3, -0.25) is 9.69 Å². The van der Waals surface area contributed by atoms with E-state index in [1.165, 1.54) is 30.5 Å². The van der Waals surface area contributed by atoms with Crippen molar-refractivity contribution in [3.05, 3.63) is 89.6 Å². The Labute approximate surface area is 237 Å². The maximum absolute atomic E-state index is 15.1. The van der Waals surface area contributed by atoms with E-state index < -0.39 is 29.2 Å². The quantitative estimate of drug-likeness (QED) is 0.286. The summed E-state index contributed by atoms with van der Waals surface area (Å²) in [4.78, 5) is 19.3. The molecule has 1 spiro atoms. The molecule has 13 heteroatoms. The van der Waals surface area contributed by atoms with Gasteiger partial charge in [-0.2, -0.15) is 18.3 Å². The van der Waals surface area contributed by atoms with Gasteiger partial charge in [-0.25, -0.2) is 14.1 Å². The van der Waals surface area contributed by atoms with Gasteiger partial charge in [0.2, 0.25) is 0 Å². The highest BCUT2D eigenvalue weighted by Crippen LogP contribution is 2.40. The summed E-state index contributed by atoms with van der Waals surface area (Å²) in [7, 11) is 0. The van der Waals surface area contributed by atoms with Gasteiger partial charge in [0, 0.05) is 36.5 Å². The number of hydrogen-bond donors (Lipinski definition) is 2. The molecule has 4 heterocycles. The Morgan fingerprint density at radius 2 is 1.90 bits per heavy atom. The number of nitrogens with zero attached hydrogens (tertiary/aromatic N) is 4. The third-order valence-electron chi connectivity index (χ3n) is 7.45. The van der Waals surface area contributed by atoms with Gasteiger partial charge in [-0.1, -0.05) is 18.2 Å². The van der Waals surface area contributed by atoms with E-state index in [0.29, 0.717) is 22.5 Å². The molecule has 2 aromatic heterocycles. The average molecular weight is 583 g/mol. The lowest BCUT2D eigenvalue weighted by atomic mass is 9.85. The van der Waals surface area contributed by atoms with Crippen molar-refractivity contribution >= 4 is 17.4 Å². The number of carbonyl (C=O) groups excluding carboxylic acids is 1. The zero-order chi connectivity index (χ0) is 29.5. The number of hydrogen-bond acceptors (Lipinski definition) is 7. The monoisotopic (exact) mass is 582 g/mol. The molecule has 2 saturated heterocycles. The molecule has 0 unspecified atom stereocenters. The van der Waals surface area contributed by atoms with E-state index in [1.807, 2.05) is 0 Å². The molecular formula is C29H26F4N6O3. The van der Waals surface area contributed by atoms with Crippen LogP contribution in [0.3, 0.4) is 0 Å². The highest BCUT2D eigenvalue weighted by atomic mass is 19.4. The van der Waals surface area contributed by atoms with Gasteiger partial charge in [0.05, 0.1) is 36.2 Å². The number of para-hydroxylation sites is 1. The van der Waals surface area contributed by atoms with Crippen molar-refractivity contribution in [3.8, 4) is 17.2 Å². The highest BCUT2D eigenvalue weighted by molar-refractivity contribution is 6.05. The molecule has 2 aliphatic heterocycles. The summed E-state index contributed by atoms with van der Waals surface area (Å²) in [5.41, 5.74) is 5.05. The largest absolute Gasteiger partial charge is 0.454 e. The molecule has 1 amide bonds. The van der Waals surface area contributed by atoms with Crippen LogP contribution in [0.1, 0.15) is 28.0 Å². The molecule has 42 heavy (non-hydrogen) atoms. The first-order valence-corrected chi connectivity index (χ1v) is 13.1. The maximum atomic E-state index is 15.1. The number of ether oxygens (including phenoxy) is 2. The van der Waals surface area contributed by atoms with E-state index in [9.17, 15) is 18.0 Å². The number of benzene rings is 2. The van der Waals surface area contributed by atoms with Crippen molar-refractivity contribution in [2.45, 2.75) is 19.1 Å². The molecule has 2 aliphatic rings. The van der Waals surface area contributed by atoms with Gasteiger partial charge in [0.25, 0.3) is 5.91 Å². The standard InChI is InChI=1S/C29H26F4N6O3/c30-22-12-18(37-27(40)20-13-36-39(25(20)29(31,32)33)19-4-2-1-3-5-19)6-7-24(22)42-23-8-10-35-26(34)21(23)14-38-11-9-28(15-38)16-41-17-28/h1-8,10,12-13H,9,11,14-17H2,(H2,34,35)(H,37,40). The zero-order valence-electron chi connectivity index (χ0n) is 22.2. The van der Waals surface area contributed by atoms with E-state index in [2.05, 4.69) is 20.3 Å². The van der Waals surface area contributed by atoms with Gasteiger partial charge >= 0.3 is 6.18 Å². The first-order chi connectivity index (χ1) is 20.1. The molecule has 2 aromatic carbocycles. The number of nitrogen functional groups attached to an aromatic ring is 1. The predicted octanol–water partition coefficient (Wildman–Crippen LogP) is 5.27. The number of nitrogens with two attached hydrogens (primary N) is 1. The smallest absolute Gasteiger partial charge is 0.434 e. The van der Waals surface area contributed by atoms with Crippen molar-refractivity contribution in [2.24, 2.45) is 5.41 Å². The predicted molar refractivity (Wildman–Crippen MR) is 145 cm³/mol. The van der Waals surface area contributed by atoms with Crippen molar-refractivity contribution in [2.75, 3.05) is 37.4 Å². The normalized spacial score (nSPS) is 16.4. The summed E-state index contributed by atoms with van der Waals surface area (Å²) in [6, 6.07) is 12.8. The number of likely N-dealkylation sites (tertiary alicyclic amines) is 1. The molecule has 4 aromatic rings. The lowest BCUT2D eigenvalue weighted by Crippen LogP contribution is -2.44. The minimum atomic E-state index is -4.88. The average Bonchev–Trinajstić information content (AvgIpc) is 3.58. The third-order valence-corrected chi connectivity index (χ3v) is 7.45. The van der Waals surface area contributed by atoms with Crippen LogP contribution >= 0.6 is 0 Å². The molecule has 6 rings (SSSR count). The van der Waals surface area contributed by atoms with Crippen molar-refractivity contribution in [3.63, 3.8) is 0 Å². The molecule has 9 nitrogen and oxygen atoms in total. The SMILES string of the molecule is Nc1nccc(Oc2ccc(NC(=O)c3cnn(-c4ccccc4)c3C(F)(F)F)cc2F)c1CN1CCC2(COC2)C1. The molecule has 0 bridgehead atoms. The Morgan fingerprint density at radius 3 is 2.57 bits per heavy atom. The lowest BCUT2D eigenvalue weighted by Gasteiger charge is -2.37. The first kappa shape index (κ1) is 27.7. The summed E-state index contributed by atoms with van der Waals surface area (Å²) in [6.07, 6.45) is -1.58. The number of anilines is 2. The Morgan fingerprint density at radius 1 is 1.12 bits per heavy atom. The summed E-state index contributed by atoms with van der Waals surface area (Å²) in [6.45, 7) is 3.64. The molecule has 218 valence electrons.